The lowest BCUT2D eigenvalue weighted by Gasteiger charge is -2.25. The van der Waals surface area contributed by atoms with Crippen molar-refractivity contribution in [1.29, 1.82) is 0 Å². The van der Waals surface area contributed by atoms with Crippen molar-refractivity contribution in [2.45, 2.75) is 32.1 Å². The summed E-state index contributed by atoms with van der Waals surface area (Å²) in [5, 5.41) is 3.49. The molecule has 1 heterocycles. The van der Waals surface area contributed by atoms with Crippen LogP contribution in [0.15, 0.2) is 0 Å². The SMILES string of the molecule is C1CC(CN(CC2CC2)CC2CC2)CN1. The Balaban J connectivity index is 1.45. The highest BCUT2D eigenvalue weighted by atomic mass is 15.1. The average Bonchev–Trinajstić information content (AvgIpc) is 3.12. The van der Waals surface area contributed by atoms with Gasteiger partial charge >= 0.3 is 0 Å². The summed E-state index contributed by atoms with van der Waals surface area (Å²) in [6, 6.07) is 0. The van der Waals surface area contributed by atoms with Gasteiger partial charge in [0.2, 0.25) is 0 Å². The highest BCUT2D eigenvalue weighted by Crippen LogP contribution is 2.34. The van der Waals surface area contributed by atoms with Crippen molar-refractivity contribution in [2.24, 2.45) is 17.8 Å². The standard InChI is InChI=1S/C13H24N2/c1-2-11(1)8-15(9-12-3-4-12)10-13-5-6-14-7-13/h11-14H,1-10H2. The molecule has 0 amide bonds. The van der Waals surface area contributed by atoms with Crippen molar-refractivity contribution in [3.8, 4) is 0 Å². The van der Waals surface area contributed by atoms with Crippen molar-refractivity contribution in [3.05, 3.63) is 0 Å². The lowest BCUT2D eigenvalue weighted by molar-refractivity contribution is 0.219. The van der Waals surface area contributed by atoms with Gasteiger partial charge in [0.25, 0.3) is 0 Å². The van der Waals surface area contributed by atoms with E-state index in [2.05, 4.69) is 10.2 Å². The van der Waals surface area contributed by atoms with E-state index in [0.29, 0.717) is 0 Å². The monoisotopic (exact) mass is 208 g/mol. The zero-order valence-corrected chi connectivity index (χ0v) is 9.75. The molecular weight excluding hydrogens is 184 g/mol. The van der Waals surface area contributed by atoms with E-state index >= 15 is 0 Å². The molecule has 2 saturated carbocycles. The normalized spacial score (nSPS) is 31.4. The number of hydrogen-bond donors (Lipinski definition) is 1. The van der Waals surface area contributed by atoms with Gasteiger partial charge in [-0.3, -0.25) is 0 Å². The van der Waals surface area contributed by atoms with Crippen molar-refractivity contribution < 1.29 is 0 Å². The molecule has 1 unspecified atom stereocenters. The van der Waals surface area contributed by atoms with E-state index in [1.807, 2.05) is 0 Å². The van der Waals surface area contributed by atoms with Crippen LogP contribution in [0, 0.1) is 17.8 Å². The second kappa shape index (κ2) is 4.42. The Labute approximate surface area is 93.4 Å². The quantitative estimate of drug-likeness (QED) is 0.715. The van der Waals surface area contributed by atoms with Gasteiger partial charge in [0.1, 0.15) is 0 Å². The molecule has 0 spiro atoms. The molecule has 86 valence electrons. The summed E-state index contributed by atoms with van der Waals surface area (Å²) in [6.45, 7) is 6.72. The molecule has 2 nitrogen and oxygen atoms in total. The average molecular weight is 208 g/mol. The second-order valence-corrected chi connectivity index (χ2v) is 5.96. The van der Waals surface area contributed by atoms with Crippen LogP contribution in [0.4, 0.5) is 0 Å². The lowest BCUT2D eigenvalue weighted by atomic mass is 10.1. The molecule has 0 aromatic rings. The summed E-state index contributed by atoms with van der Waals surface area (Å²) in [4.78, 5) is 2.78. The molecule has 0 aromatic heterocycles. The Bertz CT molecular complexity index is 189. The van der Waals surface area contributed by atoms with E-state index in [1.54, 1.807) is 0 Å². The van der Waals surface area contributed by atoms with E-state index < -0.39 is 0 Å². The minimum Gasteiger partial charge on any atom is -0.316 e. The van der Waals surface area contributed by atoms with Gasteiger partial charge in [-0.25, -0.2) is 0 Å². The third-order valence-electron chi connectivity index (χ3n) is 4.11. The van der Waals surface area contributed by atoms with Gasteiger partial charge in [-0.1, -0.05) is 0 Å². The van der Waals surface area contributed by atoms with Crippen molar-refractivity contribution in [1.82, 2.24) is 10.2 Å². The summed E-state index contributed by atoms with van der Waals surface area (Å²) >= 11 is 0. The Morgan fingerprint density at radius 3 is 1.87 bits per heavy atom. The first kappa shape index (κ1) is 10.1. The predicted molar refractivity (Wildman–Crippen MR) is 62.9 cm³/mol. The molecule has 1 aliphatic heterocycles. The van der Waals surface area contributed by atoms with Gasteiger partial charge in [0.05, 0.1) is 0 Å². The molecule has 0 bridgehead atoms. The molecule has 1 atom stereocenters. The number of nitrogens with one attached hydrogen (secondary N) is 1. The molecule has 0 radical (unpaired) electrons. The van der Waals surface area contributed by atoms with Crippen LogP contribution < -0.4 is 5.32 Å². The summed E-state index contributed by atoms with van der Waals surface area (Å²) in [5.74, 6) is 3.08. The maximum Gasteiger partial charge on any atom is 0.00225 e. The van der Waals surface area contributed by atoms with E-state index in [4.69, 9.17) is 0 Å². The van der Waals surface area contributed by atoms with Crippen LogP contribution >= 0.6 is 0 Å². The molecule has 1 saturated heterocycles. The molecule has 15 heavy (non-hydrogen) atoms. The summed E-state index contributed by atoms with van der Waals surface area (Å²) in [6.07, 6.45) is 7.42. The third-order valence-corrected chi connectivity index (χ3v) is 4.11. The molecule has 3 fully saturated rings. The fourth-order valence-electron chi connectivity index (χ4n) is 2.79. The number of hydrogen-bond acceptors (Lipinski definition) is 2. The summed E-state index contributed by atoms with van der Waals surface area (Å²) in [5.41, 5.74) is 0. The predicted octanol–water partition coefficient (Wildman–Crippen LogP) is 1.72. The van der Waals surface area contributed by atoms with Gasteiger partial charge in [-0.15, -0.1) is 0 Å². The largest absolute Gasteiger partial charge is 0.316 e. The minimum atomic E-state index is 0.947. The summed E-state index contributed by atoms with van der Waals surface area (Å²) in [7, 11) is 0. The topological polar surface area (TPSA) is 15.3 Å². The smallest absolute Gasteiger partial charge is 0.00225 e. The van der Waals surface area contributed by atoms with E-state index in [-0.39, 0.29) is 0 Å². The van der Waals surface area contributed by atoms with E-state index in [0.717, 1.165) is 17.8 Å². The van der Waals surface area contributed by atoms with Crippen molar-refractivity contribution in [3.63, 3.8) is 0 Å². The second-order valence-electron chi connectivity index (χ2n) is 5.96. The fourth-order valence-corrected chi connectivity index (χ4v) is 2.79. The van der Waals surface area contributed by atoms with Gasteiger partial charge < -0.3 is 10.2 Å². The van der Waals surface area contributed by atoms with Gasteiger partial charge in [-0.2, -0.15) is 0 Å². The molecule has 3 rings (SSSR count). The van der Waals surface area contributed by atoms with E-state index in [9.17, 15) is 0 Å². The highest BCUT2D eigenvalue weighted by Gasteiger charge is 2.30. The van der Waals surface area contributed by atoms with Crippen LogP contribution in [0.3, 0.4) is 0 Å². The van der Waals surface area contributed by atoms with Gasteiger partial charge in [0.15, 0.2) is 0 Å². The number of rotatable bonds is 6. The lowest BCUT2D eigenvalue weighted by Crippen LogP contribution is -2.34. The first-order chi connectivity index (χ1) is 7.40. The van der Waals surface area contributed by atoms with Crippen LogP contribution in [0.1, 0.15) is 32.1 Å². The molecule has 2 heteroatoms. The molecule has 0 aromatic carbocycles. The number of nitrogens with zero attached hydrogens (tertiary/aromatic N) is 1. The minimum absolute atomic E-state index is 0.947. The molecule has 3 aliphatic rings. The van der Waals surface area contributed by atoms with Gasteiger partial charge in [0, 0.05) is 19.6 Å². The zero-order valence-electron chi connectivity index (χ0n) is 9.75. The van der Waals surface area contributed by atoms with Crippen LogP contribution in [0.25, 0.3) is 0 Å². The highest BCUT2D eigenvalue weighted by molar-refractivity contribution is 4.84. The third kappa shape index (κ3) is 3.18. The Hall–Kier alpha value is -0.0800. The van der Waals surface area contributed by atoms with Crippen LogP contribution in [-0.4, -0.2) is 37.6 Å². The Morgan fingerprint density at radius 1 is 0.800 bits per heavy atom. The first-order valence-corrected chi connectivity index (χ1v) is 6.83. The van der Waals surface area contributed by atoms with Crippen molar-refractivity contribution in [2.75, 3.05) is 32.7 Å². The van der Waals surface area contributed by atoms with Gasteiger partial charge in [-0.05, 0) is 62.9 Å². The van der Waals surface area contributed by atoms with Crippen LogP contribution in [0.5, 0.6) is 0 Å². The maximum atomic E-state index is 3.49. The molecular formula is C13H24N2. The van der Waals surface area contributed by atoms with Crippen LogP contribution in [-0.2, 0) is 0 Å². The Kier molecular flexibility index (Phi) is 2.98. The molecule has 1 N–H and O–H groups in total. The molecule has 2 aliphatic carbocycles. The fraction of sp³-hybridized carbons (Fsp3) is 1.00. The zero-order chi connectivity index (χ0) is 10.1. The Morgan fingerprint density at radius 2 is 1.40 bits per heavy atom. The maximum absolute atomic E-state index is 3.49. The first-order valence-electron chi connectivity index (χ1n) is 6.83. The van der Waals surface area contributed by atoms with E-state index in [1.165, 1.54) is 64.8 Å². The summed E-state index contributed by atoms with van der Waals surface area (Å²) < 4.78 is 0. The van der Waals surface area contributed by atoms with Crippen molar-refractivity contribution >= 4 is 0 Å². The van der Waals surface area contributed by atoms with Crippen LogP contribution in [0.2, 0.25) is 0 Å².